The van der Waals surface area contributed by atoms with Gasteiger partial charge in [0.2, 0.25) is 0 Å². The van der Waals surface area contributed by atoms with E-state index in [2.05, 4.69) is 72.6 Å². The Kier molecular flexibility index (Phi) is 9.61. The molecule has 0 radical (unpaired) electrons. The summed E-state index contributed by atoms with van der Waals surface area (Å²) in [5.74, 6) is 0.898. The van der Waals surface area contributed by atoms with Crippen LogP contribution in [0.25, 0.3) is 0 Å². The Morgan fingerprint density at radius 2 is 1.88 bits per heavy atom. The summed E-state index contributed by atoms with van der Waals surface area (Å²) >= 11 is 0. The first-order valence-electron chi connectivity index (χ1n) is 8.55. The molecule has 1 atom stereocenters. The molecule has 1 aliphatic rings. The van der Waals surface area contributed by atoms with Crippen LogP contribution in [0.2, 0.25) is 0 Å². The van der Waals surface area contributed by atoms with Crippen molar-refractivity contribution < 1.29 is 0 Å². The predicted molar refractivity (Wildman–Crippen MR) is 113 cm³/mol. The quantitative estimate of drug-likeness (QED) is 0.413. The number of hydrogen-bond donors (Lipinski definition) is 2. The molecule has 0 amide bonds. The highest BCUT2D eigenvalue weighted by Crippen LogP contribution is 2.06. The first-order chi connectivity index (χ1) is 11.1. The maximum Gasteiger partial charge on any atom is 0.191 e. The second-order valence-corrected chi connectivity index (χ2v) is 6.46. The van der Waals surface area contributed by atoms with Gasteiger partial charge in [-0.05, 0) is 33.5 Å². The molecular formula is C18H32IN5. The number of likely N-dealkylation sites (N-methyl/N-ethyl adjacent to an activating group) is 2. The van der Waals surface area contributed by atoms with E-state index in [0.29, 0.717) is 12.6 Å². The maximum atomic E-state index is 4.70. The van der Waals surface area contributed by atoms with Crippen LogP contribution in [0.5, 0.6) is 0 Å². The Morgan fingerprint density at radius 1 is 1.17 bits per heavy atom. The van der Waals surface area contributed by atoms with Gasteiger partial charge in [-0.15, -0.1) is 24.0 Å². The number of rotatable bonds is 5. The van der Waals surface area contributed by atoms with Crippen molar-refractivity contribution in [1.82, 2.24) is 20.4 Å². The van der Waals surface area contributed by atoms with Crippen molar-refractivity contribution in [3.05, 3.63) is 35.4 Å². The molecule has 0 saturated carbocycles. The summed E-state index contributed by atoms with van der Waals surface area (Å²) in [6, 6.07) is 9.09. The van der Waals surface area contributed by atoms with Gasteiger partial charge in [-0.3, -0.25) is 4.90 Å². The number of hydrogen-bond acceptors (Lipinski definition) is 3. The number of aryl methyl sites for hydroxylation is 1. The average molecular weight is 445 g/mol. The van der Waals surface area contributed by atoms with Gasteiger partial charge in [-0.25, -0.2) is 4.99 Å². The normalized spacial score (nSPS) is 19.7. The molecule has 1 fully saturated rings. The zero-order chi connectivity index (χ0) is 16.7. The SMILES string of the molecule is CCNC(=NCc1ccc(C)cc1)NCC1CN(C)CCN1C.I. The lowest BCUT2D eigenvalue weighted by atomic mass is 10.1. The van der Waals surface area contributed by atoms with Gasteiger partial charge < -0.3 is 15.5 Å². The second-order valence-electron chi connectivity index (χ2n) is 6.46. The molecular weight excluding hydrogens is 413 g/mol. The molecule has 0 aromatic heterocycles. The van der Waals surface area contributed by atoms with Gasteiger partial charge in [0.1, 0.15) is 0 Å². The summed E-state index contributed by atoms with van der Waals surface area (Å²) in [6.07, 6.45) is 0. The van der Waals surface area contributed by atoms with Crippen LogP contribution < -0.4 is 10.6 Å². The highest BCUT2D eigenvalue weighted by Gasteiger charge is 2.21. The van der Waals surface area contributed by atoms with Crippen molar-refractivity contribution >= 4 is 29.9 Å². The molecule has 1 heterocycles. The minimum Gasteiger partial charge on any atom is -0.357 e. The van der Waals surface area contributed by atoms with Crippen molar-refractivity contribution in [3.8, 4) is 0 Å². The number of guanidine groups is 1. The van der Waals surface area contributed by atoms with E-state index < -0.39 is 0 Å². The Labute approximate surface area is 163 Å². The van der Waals surface area contributed by atoms with Crippen LogP contribution in [-0.2, 0) is 6.54 Å². The maximum absolute atomic E-state index is 4.70. The van der Waals surface area contributed by atoms with Gasteiger partial charge in [-0.1, -0.05) is 29.8 Å². The van der Waals surface area contributed by atoms with Gasteiger partial charge in [0.25, 0.3) is 0 Å². The number of nitrogens with zero attached hydrogens (tertiary/aromatic N) is 3. The van der Waals surface area contributed by atoms with Gasteiger partial charge in [-0.2, -0.15) is 0 Å². The fraction of sp³-hybridized carbons (Fsp3) is 0.611. The molecule has 1 saturated heterocycles. The molecule has 0 bridgehead atoms. The van der Waals surface area contributed by atoms with Crippen LogP contribution in [-0.4, -0.2) is 68.6 Å². The number of benzene rings is 1. The Bertz CT molecular complexity index is 503. The first-order valence-corrected chi connectivity index (χ1v) is 8.55. The molecule has 1 aromatic carbocycles. The van der Waals surface area contributed by atoms with Crippen molar-refractivity contribution in [2.75, 3.05) is 46.8 Å². The van der Waals surface area contributed by atoms with E-state index >= 15 is 0 Å². The first kappa shape index (κ1) is 21.2. The van der Waals surface area contributed by atoms with Gasteiger partial charge >= 0.3 is 0 Å². The zero-order valence-electron chi connectivity index (χ0n) is 15.4. The highest BCUT2D eigenvalue weighted by atomic mass is 127. The molecule has 0 aliphatic carbocycles. The van der Waals surface area contributed by atoms with E-state index in [0.717, 1.165) is 38.7 Å². The largest absolute Gasteiger partial charge is 0.357 e. The lowest BCUT2D eigenvalue weighted by Crippen LogP contribution is -2.55. The standard InChI is InChI=1S/C18H31N5.HI/c1-5-19-18(20-12-16-8-6-15(2)7-9-16)21-13-17-14-22(3)10-11-23(17)4;/h6-9,17H,5,10-14H2,1-4H3,(H2,19,20,21);1H. The minimum atomic E-state index is 0. The third-order valence-corrected chi connectivity index (χ3v) is 4.37. The van der Waals surface area contributed by atoms with E-state index in [1.807, 2.05) is 0 Å². The number of nitrogens with one attached hydrogen (secondary N) is 2. The van der Waals surface area contributed by atoms with Crippen LogP contribution >= 0.6 is 24.0 Å². The molecule has 136 valence electrons. The van der Waals surface area contributed by atoms with E-state index in [1.165, 1.54) is 11.1 Å². The van der Waals surface area contributed by atoms with Crippen LogP contribution in [0.4, 0.5) is 0 Å². The minimum absolute atomic E-state index is 0. The van der Waals surface area contributed by atoms with Crippen LogP contribution in [0.1, 0.15) is 18.1 Å². The highest BCUT2D eigenvalue weighted by molar-refractivity contribution is 14.0. The van der Waals surface area contributed by atoms with Crippen LogP contribution in [0, 0.1) is 6.92 Å². The average Bonchev–Trinajstić information content (AvgIpc) is 2.54. The third kappa shape index (κ3) is 6.94. The summed E-state index contributed by atoms with van der Waals surface area (Å²) in [4.78, 5) is 9.52. The van der Waals surface area contributed by atoms with Gasteiger partial charge in [0, 0.05) is 38.8 Å². The van der Waals surface area contributed by atoms with Crippen LogP contribution in [0.15, 0.2) is 29.3 Å². The number of aliphatic imine (C=N–C) groups is 1. The van der Waals surface area contributed by atoms with E-state index in [-0.39, 0.29) is 24.0 Å². The molecule has 1 unspecified atom stereocenters. The molecule has 0 spiro atoms. The van der Waals surface area contributed by atoms with Crippen LogP contribution in [0.3, 0.4) is 0 Å². The van der Waals surface area contributed by atoms with Crippen molar-refractivity contribution in [2.45, 2.75) is 26.4 Å². The van der Waals surface area contributed by atoms with E-state index in [4.69, 9.17) is 4.99 Å². The predicted octanol–water partition coefficient (Wildman–Crippen LogP) is 1.91. The molecule has 2 N–H and O–H groups in total. The zero-order valence-corrected chi connectivity index (χ0v) is 17.7. The van der Waals surface area contributed by atoms with E-state index in [1.54, 1.807) is 0 Å². The Morgan fingerprint density at radius 3 is 2.54 bits per heavy atom. The molecule has 6 heteroatoms. The summed E-state index contributed by atoms with van der Waals surface area (Å²) in [6.45, 7) is 10.1. The van der Waals surface area contributed by atoms with Crippen molar-refractivity contribution in [2.24, 2.45) is 4.99 Å². The topological polar surface area (TPSA) is 42.9 Å². The molecule has 1 aromatic rings. The lowest BCUT2D eigenvalue weighted by molar-refractivity contribution is 0.116. The summed E-state index contributed by atoms with van der Waals surface area (Å²) < 4.78 is 0. The number of halogens is 1. The number of piperazine rings is 1. The third-order valence-electron chi connectivity index (χ3n) is 4.37. The summed E-state index contributed by atoms with van der Waals surface area (Å²) in [7, 11) is 4.40. The van der Waals surface area contributed by atoms with Gasteiger partial charge in [0.05, 0.1) is 6.54 Å². The second kappa shape index (κ2) is 10.9. The molecule has 5 nitrogen and oxygen atoms in total. The summed E-state index contributed by atoms with van der Waals surface area (Å²) in [5.41, 5.74) is 2.52. The Hall–Kier alpha value is -0.860. The fourth-order valence-corrected chi connectivity index (χ4v) is 2.74. The monoisotopic (exact) mass is 445 g/mol. The Balaban J connectivity index is 0.00000288. The van der Waals surface area contributed by atoms with E-state index in [9.17, 15) is 0 Å². The van der Waals surface area contributed by atoms with Crippen molar-refractivity contribution in [3.63, 3.8) is 0 Å². The molecule has 2 rings (SSSR count). The molecule has 1 aliphatic heterocycles. The molecule has 24 heavy (non-hydrogen) atoms. The summed E-state index contributed by atoms with van der Waals surface area (Å²) in [5, 5.41) is 6.83. The lowest BCUT2D eigenvalue weighted by Gasteiger charge is -2.37. The fourth-order valence-electron chi connectivity index (χ4n) is 2.74. The van der Waals surface area contributed by atoms with Gasteiger partial charge in [0.15, 0.2) is 5.96 Å². The smallest absolute Gasteiger partial charge is 0.191 e. The van der Waals surface area contributed by atoms with Crippen molar-refractivity contribution in [1.29, 1.82) is 0 Å².